The summed E-state index contributed by atoms with van der Waals surface area (Å²) in [5, 5.41) is 15.4. The van der Waals surface area contributed by atoms with E-state index in [1.165, 1.54) is 0 Å². The summed E-state index contributed by atoms with van der Waals surface area (Å²) in [6, 6.07) is 0.111. The van der Waals surface area contributed by atoms with Gasteiger partial charge in [0.15, 0.2) is 5.82 Å². The van der Waals surface area contributed by atoms with Gasteiger partial charge in [-0.15, -0.1) is 0 Å². The van der Waals surface area contributed by atoms with E-state index in [-0.39, 0.29) is 12.6 Å². The highest BCUT2D eigenvalue weighted by molar-refractivity contribution is 4.92. The Morgan fingerprint density at radius 1 is 1.62 bits per heavy atom. The number of nitrogens with one attached hydrogen (secondary N) is 1. The van der Waals surface area contributed by atoms with E-state index >= 15 is 0 Å². The van der Waals surface area contributed by atoms with Crippen molar-refractivity contribution >= 4 is 0 Å². The van der Waals surface area contributed by atoms with Gasteiger partial charge >= 0.3 is 0 Å². The van der Waals surface area contributed by atoms with Gasteiger partial charge in [0, 0.05) is 6.42 Å². The van der Waals surface area contributed by atoms with Crippen LogP contribution in [-0.4, -0.2) is 28.9 Å². The fourth-order valence-corrected chi connectivity index (χ4v) is 1.11. The molecule has 74 valence electrons. The molecule has 0 radical (unpaired) electrons. The number of nitrogens with zero attached hydrogens (tertiary/aromatic N) is 2. The molecule has 0 saturated heterocycles. The molecule has 1 unspecified atom stereocenters. The topological polar surface area (TPSA) is 71.2 Å². The monoisotopic (exact) mass is 185 g/mol. The first-order chi connectivity index (χ1) is 6.31. The van der Waals surface area contributed by atoms with Crippen LogP contribution in [0, 0.1) is 0 Å². The Labute approximate surface area is 77.2 Å². The molecule has 0 saturated carbocycles. The largest absolute Gasteiger partial charge is 0.396 e. The summed E-state index contributed by atoms with van der Waals surface area (Å²) in [5.74, 6) is 1.15. The van der Waals surface area contributed by atoms with Crippen molar-refractivity contribution in [1.82, 2.24) is 15.5 Å². The van der Waals surface area contributed by atoms with Crippen molar-refractivity contribution in [2.24, 2.45) is 0 Å². The number of aliphatic hydroxyl groups excluding tert-OH is 1. The third-order valence-corrected chi connectivity index (χ3v) is 1.87. The van der Waals surface area contributed by atoms with Crippen molar-refractivity contribution in [3.63, 3.8) is 0 Å². The van der Waals surface area contributed by atoms with Gasteiger partial charge in [0.25, 0.3) is 0 Å². The van der Waals surface area contributed by atoms with Crippen LogP contribution in [0.25, 0.3) is 0 Å². The normalized spacial score (nSPS) is 13.2. The lowest BCUT2D eigenvalue weighted by molar-refractivity contribution is 0.291. The quantitative estimate of drug-likeness (QED) is 0.689. The molecule has 1 heterocycles. The van der Waals surface area contributed by atoms with E-state index in [9.17, 15) is 0 Å². The number of hydrogen-bond acceptors (Lipinski definition) is 5. The first kappa shape index (κ1) is 10.1. The minimum absolute atomic E-state index is 0.0509. The van der Waals surface area contributed by atoms with Crippen LogP contribution in [0.3, 0.4) is 0 Å². The molecule has 1 aromatic heterocycles. The van der Waals surface area contributed by atoms with Crippen molar-refractivity contribution in [1.29, 1.82) is 0 Å². The van der Waals surface area contributed by atoms with Crippen LogP contribution in [0.1, 0.15) is 31.1 Å². The summed E-state index contributed by atoms with van der Waals surface area (Å²) in [4.78, 5) is 4.14. The standard InChI is InChI=1S/C8H15N3O2/c1-3-6(9-2)8-10-7(4-5-12)11-13-8/h6,9,12H,3-5H2,1-2H3. The van der Waals surface area contributed by atoms with Gasteiger partial charge in [-0.3, -0.25) is 0 Å². The SMILES string of the molecule is CCC(NC)c1nc(CCO)no1. The van der Waals surface area contributed by atoms with E-state index in [1.54, 1.807) is 0 Å². The summed E-state index contributed by atoms with van der Waals surface area (Å²) in [6.07, 6.45) is 1.35. The summed E-state index contributed by atoms with van der Waals surface area (Å²) < 4.78 is 5.03. The molecule has 0 aliphatic carbocycles. The van der Waals surface area contributed by atoms with Gasteiger partial charge in [-0.25, -0.2) is 0 Å². The average Bonchev–Trinajstić information content (AvgIpc) is 2.56. The maximum Gasteiger partial charge on any atom is 0.243 e. The van der Waals surface area contributed by atoms with Crippen molar-refractivity contribution in [3.8, 4) is 0 Å². The molecule has 0 amide bonds. The number of hydrogen-bond donors (Lipinski definition) is 2. The lowest BCUT2D eigenvalue weighted by Gasteiger charge is -2.06. The van der Waals surface area contributed by atoms with E-state index in [0.29, 0.717) is 18.1 Å². The van der Waals surface area contributed by atoms with Gasteiger partial charge in [-0.2, -0.15) is 4.98 Å². The van der Waals surface area contributed by atoms with Gasteiger partial charge in [0.1, 0.15) is 0 Å². The third-order valence-electron chi connectivity index (χ3n) is 1.87. The minimum Gasteiger partial charge on any atom is -0.396 e. The zero-order chi connectivity index (χ0) is 9.68. The molecule has 13 heavy (non-hydrogen) atoms. The Hall–Kier alpha value is -0.940. The van der Waals surface area contributed by atoms with E-state index in [2.05, 4.69) is 15.5 Å². The van der Waals surface area contributed by atoms with E-state index in [4.69, 9.17) is 9.63 Å². The molecule has 5 heteroatoms. The lowest BCUT2D eigenvalue weighted by atomic mass is 10.2. The smallest absolute Gasteiger partial charge is 0.243 e. The molecule has 5 nitrogen and oxygen atoms in total. The molecule has 1 aromatic rings. The summed E-state index contributed by atoms with van der Waals surface area (Å²) in [5.41, 5.74) is 0. The first-order valence-electron chi connectivity index (χ1n) is 4.42. The van der Waals surface area contributed by atoms with Gasteiger partial charge < -0.3 is 14.9 Å². The van der Waals surface area contributed by atoms with Crippen LogP contribution in [0.15, 0.2) is 4.52 Å². The van der Waals surface area contributed by atoms with Crippen molar-refractivity contribution in [2.75, 3.05) is 13.7 Å². The highest BCUT2D eigenvalue weighted by atomic mass is 16.5. The zero-order valence-electron chi connectivity index (χ0n) is 7.95. The fourth-order valence-electron chi connectivity index (χ4n) is 1.11. The summed E-state index contributed by atoms with van der Waals surface area (Å²) in [6.45, 7) is 2.09. The first-order valence-corrected chi connectivity index (χ1v) is 4.42. The number of rotatable bonds is 5. The Morgan fingerprint density at radius 3 is 2.92 bits per heavy atom. The highest BCUT2D eigenvalue weighted by Crippen LogP contribution is 2.13. The fraction of sp³-hybridized carbons (Fsp3) is 0.750. The van der Waals surface area contributed by atoms with Gasteiger partial charge in [0.2, 0.25) is 5.89 Å². The summed E-state index contributed by atoms with van der Waals surface area (Å²) in [7, 11) is 1.85. The van der Waals surface area contributed by atoms with Crippen molar-refractivity contribution in [2.45, 2.75) is 25.8 Å². The molecule has 1 rings (SSSR count). The zero-order valence-corrected chi connectivity index (χ0v) is 7.95. The van der Waals surface area contributed by atoms with Crippen molar-refractivity contribution in [3.05, 3.63) is 11.7 Å². The van der Waals surface area contributed by atoms with Crippen LogP contribution in [0.4, 0.5) is 0 Å². The van der Waals surface area contributed by atoms with Crippen LogP contribution in [0.2, 0.25) is 0 Å². The maximum absolute atomic E-state index is 8.64. The van der Waals surface area contributed by atoms with Crippen LogP contribution < -0.4 is 5.32 Å². The predicted octanol–water partition coefficient (Wildman–Crippen LogP) is 0.275. The minimum atomic E-state index is 0.0509. The Kier molecular flexibility index (Phi) is 3.85. The van der Waals surface area contributed by atoms with Crippen LogP contribution >= 0.6 is 0 Å². The maximum atomic E-state index is 8.64. The van der Waals surface area contributed by atoms with E-state index < -0.39 is 0 Å². The van der Waals surface area contributed by atoms with Crippen LogP contribution in [0.5, 0.6) is 0 Å². The molecular weight excluding hydrogens is 170 g/mol. The molecule has 0 aromatic carbocycles. The number of aliphatic hydroxyl groups is 1. The molecular formula is C8H15N3O2. The molecule has 0 aliphatic rings. The third kappa shape index (κ3) is 2.50. The van der Waals surface area contributed by atoms with Crippen LogP contribution in [-0.2, 0) is 6.42 Å². The van der Waals surface area contributed by atoms with Crippen molar-refractivity contribution < 1.29 is 9.63 Å². The molecule has 0 bridgehead atoms. The predicted molar refractivity (Wildman–Crippen MR) is 47.2 cm³/mol. The second-order valence-electron chi connectivity index (χ2n) is 2.77. The Balaban J connectivity index is 2.66. The Morgan fingerprint density at radius 2 is 2.38 bits per heavy atom. The van der Waals surface area contributed by atoms with E-state index in [1.807, 2.05) is 14.0 Å². The molecule has 0 aliphatic heterocycles. The molecule has 1 atom stereocenters. The van der Waals surface area contributed by atoms with Gasteiger partial charge in [-0.1, -0.05) is 12.1 Å². The highest BCUT2D eigenvalue weighted by Gasteiger charge is 2.14. The molecule has 2 N–H and O–H groups in total. The number of aromatic nitrogens is 2. The van der Waals surface area contributed by atoms with Gasteiger partial charge in [0.05, 0.1) is 12.6 Å². The molecule has 0 spiro atoms. The van der Waals surface area contributed by atoms with Gasteiger partial charge in [-0.05, 0) is 13.5 Å². The lowest BCUT2D eigenvalue weighted by Crippen LogP contribution is -2.15. The second-order valence-corrected chi connectivity index (χ2v) is 2.77. The summed E-state index contributed by atoms with van der Waals surface area (Å²) >= 11 is 0. The van der Waals surface area contributed by atoms with E-state index in [0.717, 1.165) is 6.42 Å². The average molecular weight is 185 g/mol. The Bertz CT molecular complexity index is 245. The molecule has 0 fully saturated rings. The second kappa shape index (κ2) is 4.94.